The van der Waals surface area contributed by atoms with E-state index in [1.165, 1.54) is 4.58 Å². The summed E-state index contributed by atoms with van der Waals surface area (Å²) in [5.74, 6) is 6.86. The average molecular weight is 582 g/mol. The fraction of sp³-hybridized carbons (Fsp3) is 0.167. The van der Waals surface area contributed by atoms with E-state index in [0.717, 1.165) is 51.3 Å². The molecule has 1 aromatic heterocycles. The van der Waals surface area contributed by atoms with E-state index < -0.39 is 5.91 Å². The molecule has 2 heterocycles. The Morgan fingerprint density at radius 3 is 2.41 bits per heavy atom. The van der Waals surface area contributed by atoms with Crippen LogP contribution in [0.3, 0.4) is 0 Å². The molecule has 0 bridgehead atoms. The summed E-state index contributed by atoms with van der Waals surface area (Å²) in [6, 6.07) is 28.5. The van der Waals surface area contributed by atoms with Crippen LogP contribution in [-0.4, -0.2) is 53.1 Å². The SMILES string of the molecule is C=NC(=O)CNC(=O)CCCCC#Cc1cccc(Cn2c3c(c(-c4ccccc4)c2-c2ccccc2)C(=N)[N+](=C)C=N3)c1. The van der Waals surface area contributed by atoms with Crippen LogP contribution in [0.2, 0.25) is 0 Å². The zero-order valence-electron chi connectivity index (χ0n) is 24.4. The Kier molecular flexibility index (Phi) is 9.48. The third-order valence-corrected chi connectivity index (χ3v) is 7.26. The lowest BCUT2D eigenvalue weighted by Gasteiger charge is -2.13. The van der Waals surface area contributed by atoms with Crippen molar-refractivity contribution in [2.75, 3.05) is 6.54 Å². The number of aliphatic imine (C=N–C) groups is 2. The molecule has 0 atom stereocenters. The van der Waals surface area contributed by atoms with Crippen molar-refractivity contribution in [3.8, 4) is 34.2 Å². The van der Waals surface area contributed by atoms with E-state index in [1.807, 2.05) is 48.5 Å². The molecule has 44 heavy (non-hydrogen) atoms. The highest BCUT2D eigenvalue weighted by Gasteiger charge is 2.34. The van der Waals surface area contributed by atoms with Crippen molar-refractivity contribution in [3.63, 3.8) is 0 Å². The molecule has 0 radical (unpaired) electrons. The summed E-state index contributed by atoms with van der Waals surface area (Å²) in [6.07, 6.45) is 4.05. The van der Waals surface area contributed by atoms with Gasteiger partial charge >= 0.3 is 0 Å². The Labute approximate surface area is 257 Å². The van der Waals surface area contributed by atoms with Crippen LogP contribution in [0.15, 0.2) is 94.9 Å². The van der Waals surface area contributed by atoms with Crippen LogP contribution in [0.25, 0.3) is 22.4 Å². The van der Waals surface area contributed by atoms with Crippen LogP contribution in [0.1, 0.15) is 42.4 Å². The average Bonchev–Trinajstić information content (AvgIpc) is 3.38. The number of benzene rings is 3. The number of rotatable bonds is 10. The molecule has 8 nitrogen and oxygen atoms in total. The first kappa shape index (κ1) is 29.8. The number of hydrogen-bond donors (Lipinski definition) is 2. The van der Waals surface area contributed by atoms with E-state index >= 15 is 0 Å². The lowest BCUT2D eigenvalue weighted by molar-refractivity contribution is -0.246. The van der Waals surface area contributed by atoms with Gasteiger partial charge in [-0.25, -0.2) is 9.57 Å². The summed E-state index contributed by atoms with van der Waals surface area (Å²) >= 11 is 0. The van der Waals surface area contributed by atoms with Crippen molar-refractivity contribution in [2.24, 2.45) is 9.98 Å². The smallest absolute Gasteiger partial charge is 0.271 e. The number of nitrogens with one attached hydrogen (secondary N) is 2. The van der Waals surface area contributed by atoms with E-state index in [2.05, 4.69) is 76.6 Å². The molecule has 2 N–H and O–H groups in total. The van der Waals surface area contributed by atoms with Crippen molar-refractivity contribution in [1.29, 1.82) is 5.41 Å². The highest BCUT2D eigenvalue weighted by molar-refractivity contribution is 6.10. The summed E-state index contributed by atoms with van der Waals surface area (Å²) < 4.78 is 3.68. The van der Waals surface area contributed by atoms with E-state index in [-0.39, 0.29) is 12.5 Å². The molecule has 5 rings (SSSR count). The molecule has 0 saturated carbocycles. The third-order valence-electron chi connectivity index (χ3n) is 7.26. The van der Waals surface area contributed by atoms with Crippen molar-refractivity contribution in [1.82, 2.24) is 9.88 Å². The monoisotopic (exact) mass is 581 g/mol. The van der Waals surface area contributed by atoms with Crippen LogP contribution in [0.5, 0.6) is 0 Å². The summed E-state index contributed by atoms with van der Waals surface area (Å²) in [6.45, 7) is 7.56. The zero-order chi connectivity index (χ0) is 30.9. The molecule has 4 aromatic rings. The molecule has 1 aliphatic rings. The summed E-state index contributed by atoms with van der Waals surface area (Å²) in [7, 11) is 0. The minimum Gasteiger partial charge on any atom is -0.347 e. The van der Waals surface area contributed by atoms with E-state index in [4.69, 9.17) is 10.4 Å². The number of aromatic nitrogens is 1. The highest BCUT2D eigenvalue weighted by Crippen LogP contribution is 2.44. The molecule has 3 aromatic carbocycles. The van der Waals surface area contributed by atoms with Crippen molar-refractivity contribution < 1.29 is 14.2 Å². The van der Waals surface area contributed by atoms with Gasteiger partial charge in [0.05, 0.1) is 18.8 Å². The zero-order valence-corrected chi connectivity index (χ0v) is 24.4. The fourth-order valence-corrected chi connectivity index (χ4v) is 5.14. The van der Waals surface area contributed by atoms with Crippen LogP contribution < -0.4 is 5.32 Å². The minimum absolute atomic E-state index is 0.117. The number of amidine groups is 1. The molecule has 0 aliphatic carbocycles. The predicted octanol–water partition coefficient (Wildman–Crippen LogP) is 5.84. The van der Waals surface area contributed by atoms with Gasteiger partial charge in [-0.1, -0.05) is 89.6 Å². The first-order chi connectivity index (χ1) is 21.5. The second kappa shape index (κ2) is 14.0. The van der Waals surface area contributed by atoms with Crippen molar-refractivity contribution in [3.05, 3.63) is 102 Å². The maximum absolute atomic E-state index is 11.8. The van der Waals surface area contributed by atoms with Gasteiger partial charge in [0, 0.05) is 30.7 Å². The van der Waals surface area contributed by atoms with Gasteiger partial charge in [0.1, 0.15) is 5.56 Å². The molecule has 218 valence electrons. The Morgan fingerprint density at radius 1 is 0.955 bits per heavy atom. The van der Waals surface area contributed by atoms with Gasteiger partial charge in [0.25, 0.3) is 11.7 Å². The van der Waals surface area contributed by atoms with Crippen molar-refractivity contribution in [2.45, 2.75) is 32.2 Å². The molecule has 0 fully saturated rings. The first-order valence-electron chi connectivity index (χ1n) is 14.4. The van der Waals surface area contributed by atoms with Crippen LogP contribution in [0.4, 0.5) is 5.82 Å². The van der Waals surface area contributed by atoms with Gasteiger partial charge in [-0.15, -0.1) is 0 Å². The van der Waals surface area contributed by atoms with Gasteiger partial charge in [0.2, 0.25) is 18.1 Å². The Bertz CT molecular complexity index is 1820. The molecule has 2 amide bonds. The maximum atomic E-state index is 11.8. The van der Waals surface area contributed by atoms with Crippen LogP contribution >= 0.6 is 0 Å². The van der Waals surface area contributed by atoms with Gasteiger partial charge in [-0.3, -0.25) is 9.59 Å². The molecule has 0 saturated heterocycles. The van der Waals surface area contributed by atoms with Gasteiger partial charge in [-0.05, 0) is 48.4 Å². The summed E-state index contributed by atoms with van der Waals surface area (Å²) in [4.78, 5) is 31.0. The van der Waals surface area contributed by atoms with Gasteiger partial charge < -0.3 is 9.88 Å². The lowest BCUT2D eigenvalue weighted by Crippen LogP contribution is -2.28. The number of amides is 2. The van der Waals surface area contributed by atoms with E-state index in [1.54, 1.807) is 6.34 Å². The third kappa shape index (κ3) is 6.85. The van der Waals surface area contributed by atoms with E-state index in [0.29, 0.717) is 31.6 Å². The molecular formula is C36H33N6O2+. The number of unbranched alkanes of at least 4 members (excludes halogenated alkanes) is 2. The molecule has 1 aliphatic heterocycles. The molecule has 0 spiro atoms. The predicted molar refractivity (Wildman–Crippen MR) is 176 cm³/mol. The maximum Gasteiger partial charge on any atom is 0.271 e. The van der Waals surface area contributed by atoms with E-state index in [9.17, 15) is 9.59 Å². The highest BCUT2D eigenvalue weighted by atomic mass is 16.2. The number of carbonyl (C=O) groups excluding carboxylic acids is 2. The second-order valence-corrected chi connectivity index (χ2v) is 10.3. The van der Waals surface area contributed by atoms with Crippen LogP contribution in [0, 0.1) is 17.3 Å². The summed E-state index contributed by atoms with van der Waals surface area (Å²) in [5, 5.41) is 11.5. The first-order valence-corrected chi connectivity index (χ1v) is 14.4. The van der Waals surface area contributed by atoms with Crippen molar-refractivity contribution >= 4 is 43.2 Å². The number of nitrogens with zero attached hydrogens (tertiary/aromatic N) is 4. The standard InChI is InChI=1S/C36H32N6O2/c1-38-31(44)23-39-30(43)21-12-4-3-7-14-26-15-13-16-27(22-26)24-42-34(29-19-10-6-11-20-29)32(28-17-8-5-9-18-28)33-35(37)41(2)25-40-36(33)42/h5-6,8-11,13,15-20,22,25,37H,1-4,12,21,23-24H2/p+1. The lowest BCUT2D eigenvalue weighted by atomic mass is 9.96. The Hall–Kier alpha value is -5.68. The molecular weight excluding hydrogens is 548 g/mol. The fourth-order valence-electron chi connectivity index (χ4n) is 5.14. The quantitative estimate of drug-likeness (QED) is 0.106. The Balaban J connectivity index is 1.39. The number of hydrogen-bond acceptors (Lipinski definition) is 4. The largest absolute Gasteiger partial charge is 0.347 e. The summed E-state index contributed by atoms with van der Waals surface area (Å²) in [5.41, 5.74) is 6.71. The number of carbonyl (C=O) groups is 2. The Morgan fingerprint density at radius 2 is 1.68 bits per heavy atom. The van der Waals surface area contributed by atoms with Gasteiger partial charge in [-0.2, -0.15) is 5.41 Å². The second-order valence-electron chi connectivity index (χ2n) is 10.3. The topological polar surface area (TPSA) is 103 Å². The molecule has 0 unspecified atom stereocenters. The van der Waals surface area contributed by atoms with Crippen LogP contribution in [-0.2, 0) is 16.1 Å². The van der Waals surface area contributed by atoms with Gasteiger partial charge in [0.15, 0.2) is 0 Å². The normalized spacial score (nSPS) is 11.8. The molecule has 8 heteroatoms. The minimum atomic E-state index is -0.451. The number of fused-ring (bicyclic) bond motifs is 1.